The fourth-order valence-corrected chi connectivity index (χ4v) is 1.37. The number of amides is 2. The van der Waals surface area contributed by atoms with Crippen molar-refractivity contribution in [3.05, 3.63) is 18.0 Å². The van der Waals surface area contributed by atoms with Gasteiger partial charge in [0.05, 0.1) is 6.54 Å². The molecule has 0 aliphatic carbocycles. The number of carbonyl (C=O) groups excluding carboxylic acids is 1. The Bertz CT molecular complexity index is 391. The number of hydrogen-bond acceptors (Lipinski definition) is 4. The summed E-state index contributed by atoms with van der Waals surface area (Å²) in [4.78, 5) is 22.5. The quantitative estimate of drug-likeness (QED) is 0.702. The summed E-state index contributed by atoms with van der Waals surface area (Å²) in [5.74, 6) is -1.18. The molecule has 7 heteroatoms. The molecule has 1 unspecified atom stereocenters. The van der Waals surface area contributed by atoms with Gasteiger partial charge in [-0.15, -0.1) is 0 Å². The number of hydrogen-bond donors (Lipinski definition) is 3. The van der Waals surface area contributed by atoms with Crippen LogP contribution in [0.5, 0.6) is 0 Å². The molecule has 0 aromatic carbocycles. The molecule has 0 bridgehead atoms. The van der Waals surface area contributed by atoms with E-state index in [1.54, 1.807) is 13.0 Å². The Morgan fingerprint density at radius 2 is 2.28 bits per heavy atom. The van der Waals surface area contributed by atoms with E-state index in [1.807, 2.05) is 6.92 Å². The van der Waals surface area contributed by atoms with Gasteiger partial charge in [0.25, 0.3) is 0 Å². The van der Waals surface area contributed by atoms with Gasteiger partial charge < -0.3 is 20.3 Å². The van der Waals surface area contributed by atoms with E-state index in [4.69, 9.17) is 5.11 Å². The van der Waals surface area contributed by atoms with Crippen molar-refractivity contribution in [1.82, 2.24) is 15.8 Å². The molecule has 1 aromatic rings. The third-order valence-electron chi connectivity index (χ3n) is 2.69. The largest absolute Gasteiger partial charge is 0.480 e. The maximum atomic E-state index is 11.5. The lowest BCUT2D eigenvalue weighted by atomic mass is 9.99. The van der Waals surface area contributed by atoms with Gasteiger partial charge in [-0.3, -0.25) is 0 Å². The average Bonchev–Trinajstić information content (AvgIpc) is 2.85. The smallest absolute Gasteiger partial charge is 0.326 e. The minimum Gasteiger partial charge on any atom is -0.480 e. The van der Waals surface area contributed by atoms with Gasteiger partial charge >= 0.3 is 12.0 Å². The molecule has 0 fully saturated rings. The number of urea groups is 1. The Balaban J connectivity index is 2.44. The lowest BCUT2D eigenvalue weighted by Gasteiger charge is -2.20. The second-order valence-electron chi connectivity index (χ2n) is 4.02. The molecule has 1 rings (SSSR count). The number of nitrogens with one attached hydrogen (secondary N) is 2. The van der Waals surface area contributed by atoms with E-state index >= 15 is 0 Å². The molecule has 1 aromatic heterocycles. The van der Waals surface area contributed by atoms with Crippen molar-refractivity contribution < 1.29 is 19.2 Å². The Morgan fingerprint density at radius 1 is 1.56 bits per heavy atom. The minimum absolute atomic E-state index is 0.139. The number of aliphatic carboxylic acids is 1. The van der Waals surface area contributed by atoms with Crippen molar-refractivity contribution in [2.45, 2.75) is 32.9 Å². The molecule has 0 aliphatic heterocycles. The maximum Gasteiger partial charge on any atom is 0.326 e. The van der Waals surface area contributed by atoms with Crippen LogP contribution in [0.25, 0.3) is 0 Å². The van der Waals surface area contributed by atoms with Gasteiger partial charge in [0.1, 0.15) is 18.0 Å². The van der Waals surface area contributed by atoms with Gasteiger partial charge in [-0.25, -0.2) is 9.59 Å². The van der Waals surface area contributed by atoms with Crippen LogP contribution >= 0.6 is 0 Å². The molecule has 2 amide bonds. The van der Waals surface area contributed by atoms with Gasteiger partial charge in [-0.2, -0.15) is 0 Å². The lowest BCUT2D eigenvalue weighted by Crippen LogP contribution is -2.48. The molecular weight excluding hydrogens is 238 g/mol. The molecular formula is C11H17N3O4. The molecule has 0 spiro atoms. The highest BCUT2D eigenvalue weighted by atomic mass is 16.5. The van der Waals surface area contributed by atoms with Crippen molar-refractivity contribution in [3.8, 4) is 0 Å². The van der Waals surface area contributed by atoms with Gasteiger partial charge in [0.15, 0.2) is 0 Å². The van der Waals surface area contributed by atoms with Crippen LogP contribution in [0.1, 0.15) is 26.0 Å². The van der Waals surface area contributed by atoms with Crippen LogP contribution in [-0.2, 0) is 11.3 Å². The van der Waals surface area contributed by atoms with Crippen LogP contribution in [0, 0.1) is 5.92 Å². The highest BCUT2D eigenvalue weighted by Crippen LogP contribution is 2.07. The first-order valence-electron chi connectivity index (χ1n) is 5.71. The number of carbonyl (C=O) groups is 2. The van der Waals surface area contributed by atoms with E-state index in [0.717, 1.165) is 0 Å². The van der Waals surface area contributed by atoms with Crippen LogP contribution in [0.4, 0.5) is 4.79 Å². The molecule has 0 radical (unpaired) electrons. The van der Waals surface area contributed by atoms with Gasteiger partial charge in [0, 0.05) is 6.07 Å². The first-order valence-corrected chi connectivity index (χ1v) is 5.71. The zero-order valence-corrected chi connectivity index (χ0v) is 10.3. The maximum absolute atomic E-state index is 11.5. The Labute approximate surface area is 105 Å². The Hall–Kier alpha value is -2.05. The van der Waals surface area contributed by atoms with Gasteiger partial charge in [0.2, 0.25) is 0 Å². The molecule has 0 aliphatic rings. The first kappa shape index (κ1) is 14.0. The summed E-state index contributed by atoms with van der Waals surface area (Å²) < 4.78 is 4.61. The third-order valence-corrected chi connectivity index (χ3v) is 2.69. The summed E-state index contributed by atoms with van der Waals surface area (Å²) in [7, 11) is 0. The molecule has 1 heterocycles. The average molecular weight is 255 g/mol. The Kier molecular flexibility index (Phi) is 5.16. The van der Waals surface area contributed by atoms with E-state index in [0.29, 0.717) is 12.1 Å². The van der Waals surface area contributed by atoms with E-state index in [2.05, 4.69) is 20.3 Å². The third kappa shape index (κ3) is 4.08. The zero-order chi connectivity index (χ0) is 13.5. The van der Waals surface area contributed by atoms with E-state index in [-0.39, 0.29) is 12.5 Å². The van der Waals surface area contributed by atoms with Crippen LogP contribution in [0.3, 0.4) is 0 Å². The number of carboxylic acid groups (broad SMARTS) is 1. The van der Waals surface area contributed by atoms with E-state index < -0.39 is 18.0 Å². The number of nitrogens with zero attached hydrogens (tertiary/aromatic N) is 1. The topological polar surface area (TPSA) is 104 Å². The summed E-state index contributed by atoms with van der Waals surface area (Å²) in [5, 5.41) is 17.6. The number of carboxylic acids is 1. The lowest BCUT2D eigenvalue weighted by molar-refractivity contribution is -0.140. The molecule has 100 valence electrons. The predicted molar refractivity (Wildman–Crippen MR) is 62.8 cm³/mol. The zero-order valence-electron chi connectivity index (χ0n) is 10.3. The molecule has 3 N–H and O–H groups in total. The Morgan fingerprint density at radius 3 is 2.78 bits per heavy atom. The second kappa shape index (κ2) is 6.63. The fourth-order valence-electron chi connectivity index (χ4n) is 1.37. The normalized spacial score (nSPS) is 13.7. The molecule has 7 nitrogen and oxygen atoms in total. The van der Waals surface area contributed by atoms with E-state index in [1.165, 1.54) is 6.26 Å². The van der Waals surface area contributed by atoms with Crippen molar-refractivity contribution in [2.24, 2.45) is 5.92 Å². The second-order valence-corrected chi connectivity index (χ2v) is 4.02. The van der Waals surface area contributed by atoms with Gasteiger partial charge in [-0.1, -0.05) is 25.4 Å². The minimum atomic E-state index is -1.04. The standard InChI is InChI=1S/C11H17N3O4/c1-3-7(2)9(10(15)16)13-11(17)12-6-8-4-5-18-14-8/h4-5,7,9H,3,6H2,1-2H3,(H,15,16)(H2,12,13,17)/t7?,9-/m0/s1. The van der Waals surface area contributed by atoms with Crippen molar-refractivity contribution in [3.63, 3.8) is 0 Å². The van der Waals surface area contributed by atoms with E-state index in [9.17, 15) is 9.59 Å². The SMILES string of the molecule is CCC(C)[C@H](NC(=O)NCc1ccon1)C(=O)O. The molecule has 0 saturated carbocycles. The van der Waals surface area contributed by atoms with Crippen LogP contribution in [0.15, 0.2) is 16.9 Å². The number of aromatic nitrogens is 1. The van der Waals surface area contributed by atoms with Crippen molar-refractivity contribution in [2.75, 3.05) is 0 Å². The van der Waals surface area contributed by atoms with Crippen molar-refractivity contribution >= 4 is 12.0 Å². The summed E-state index contributed by atoms with van der Waals surface area (Å²) in [6.45, 7) is 3.83. The molecule has 2 atom stereocenters. The molecule has 0 saturated heterocycles. The first-order chi connectivity index (χ1) is 8.54. The van der Waals surface area contributed by atoms with Crippen LogP contribution < -0.4 is 10.6 Å². The van der Waals surface area contributed by atoms with Crippen LogP contribution in [0.2, 0.25) is 0 Å². The van der Waals surface area contributed by atoms with Gasteiger partial charge in [-0.05, 0) is 5.92 Å². The summed E-state index contributed by atoms with van der Waals surface area (Å²) in [6.07, 6.45) is 2.06. The highest BCUT2D eigenvalue weighted by Gasteiger charge is 2.25. The summed E-state index contributed by atoms with van der Waals surface area (Å²) in [6, 6.07) is 0.182. The fraction of sp³-hybridized carbons (Fsp3) is 0.545. The summed E-state index contributed by atoms with van der Waals surface area (Å²) in [5.41, 5.74) is 0.570. The highest BCUT2D eigenvalue weighted by molar-refractivity contribution is 5.82. The monoisotopic (exact) mass is 255 g/mol. The molecule has 18 heavy (non-hydrogen) atoms. The number of rotatable bonds is 6. The summed E-state index contributed by atoms with van der Waals surface area (Å²) >= 11 is 0. The van der Waals surface area contributed by atoms with Crippen molar-refractivity contribution in [1.29, 1.82) is 0 Å². The predicted octanol–water partition coefficient (Wildman–Crippen LogP) is 0.973. The van der Waals surface area contributed by atoms with Crippen LogP contribution in [-0.4, -0.2) is 28.3 Å².